The molecule has 0 atom stereocenters. The molecule has 38 heavy (non-hydrogen) atoms. The first-order chi connectivity index (χ1) is 18.1. The fraction of sp³-hybridized carbons (Fsp3) is 0.258. The summed E-state index contributed by atoms with van der Waals surface area (Å²) in [6.07, 6.45) is 1.71. The Morgan fingerprint density at radius 3 is 2.29 bits per heavy atom. The Balaban J connectivity index is 1.60. The van der Waals surface area contributed by atoms with Crippen molar-refractivity contribution in [1.82, 2.24) is 14.9 Å². The second kappa shape index (κ2) is 11.0. The number of aryl methyl sites for hydroxylation is 1. The van der Waals surface area contributed by atoms with Crippen LogP contribution in [-0.4, -0.2) is 22.5 Å². The average Bonchev–Trinajstić information content (AvgIpc) is 2.88. The number of nitrogens with zero attached hydrogens (tertiary/aromatic N) is 2. The van der Waals surface area contributed by atoms with Crippen LogP contribution in [0.1, 0.15) is 47.8 Å². The van der Waals surface area contributed by atoms with E-state index < -0.39 is 0 Å². The van der Waals surface area contributed by atoms with Gasteiger partial charge in [0.2, 0.25) is 0 Å². The van der Waals surface area contributed by atoms with Crippen LogP contribution >= 0.6 is 0 Å². The number of hydrogen-bond donors (Lipinski definition) is 3. The molecule has 0 spiro atoms. The van der Waals surface area contributed by atoms with E-state index in [4.69, 9.17) is 0 Å². The van der Waals surface area contributed by atoms with Gasteiger partial charge in [0.05, 0.1) is 5.69 Å². The lowest BCUT2D eigenvalue weighted by Gasteiger charge is -2.19. The smallest absolute Gasteiger partial charge is 0.293 e. The highest BCUT2D eigenvalue weighted by Gasteiger charge is 2.16. The van der Waals surface area contributed by atoms with Crippen LogP contribution in [0.5, 0.6) is 0 Å². The Morgan fingerprint density at radius 1 is 0.974 bits per heavy atom. The zero-order valence-corrected chi connectivity index (χ0v) is 22.8. The molecule has 0 fully saturated rings. The molecule has 4 aromatic rings. The molecule has 0 bridgehead atoms. The van der Waals surface area contributed by atoms with Gasteiger partial charge < -0.3 is 20.5 Å². The molecular formula is C31H35N5O2. The van der Waals surface area contributed by atoms with Gasteiger partial charge in [-0.15, -0.1) is 0 Å². The molecule has 4 rings (SSSR count). The van der Waals surface area contributed by atoms with E-state index in [1.54, 1.807) is 13.2 Å². The lowest BCUT2D eigenvalue weighted by atomic mass is 9.86. The first-order valence-corrected chi connectivity index (χ1v) is 12.7. The van der Waals surface area contributed by atoms with E-state index in [1.807, 2.05) is 80.7 Å². The number of carbonyl (C=O) groups is 1. The third kappa shape index (κ3) is 6.01. The Morgan fingerprint density at radius 2 is 1.66 bits per heavy atom. The molecule has 0 unspecified atom stereocenters. The maximum Gasteiger partial charge on any atom is 0.293 e. The molecule has 0 saturated heterocycles. The van der Waals surface area contributed by atoms with E-state index in [9.17, 15) is 9.59 Å². The first-order valence-electron chi connectivity index (χ1n) is 12.7. The summed E-state index contributed by atoms with van der Waals surface area (Å²) in [7, 11) is 3.61. The predicted molar refractivity (Wildman–Crippen MR) is 155 cm³/mol. The van der Waals surface area contributed by atoms with Crippen molar-refractivity contribution in [3.63, 3.8) is 0 Å². The summed E-state index contributed by atoms with van der Waals surface area (Å²) < 4.78 is 1.52. The number of hydrogen-bond acceptors (Lipinski definition) is 5. The van der Waals surface area contributed by atoms with Crippen molar-refractivity contribution in [2.45, 2.75) is 39.7 Å². The minimum atomic E-state index is -0.228. The fourth-order valence-electron chi connectivity index (χ4n) is 4.23. The lowest BCUT2D eigenvalue weighted by Crippen LogP contribution is -2.21. The number of rotatable bonds is 7. The second-order valence-electron chi connectivity index (χ2n) is 10.5. The predicted octanol–water partition coefficient (Wildman–Crippen LogP) is 5.77. The third-order valence-electron chi connectivity index (χ3n) is 6.54. The molecule has 0 aliphatic carbocycles. The quantitative estimate of drug-likeness (QED) is 0.294. The number of nitrogens with one attached hydrogen (secondary N) is 3. The Kier molecular flexibility index (Phi) is 7.78. The number of carbonyl (C=O) groups excluding carboxylic acids is 1. The van der Waals surface area contributed by atoms with Gasteiger partial charge in [-0.1, -0.05) is 57.2 Å². The monoisotopic (exact) mass is 509 g/mol. The highest BCUT2D eigenvalue weighted by atomic mass is 16.1. The third-order valence-corrected chi connectivity index (χ3v) is 6.54. The zero-order chi connectivity index (χ0) is 27.4. The Hall–Kier alpha value is -4.23. The average molecular weight is 510 g/mol. The van der Waals surface area contributed by atoms with E-state index in [0.717, 1.165) is 28.9 Å². The van der Waals surface area contributed by atoms with Gasteiger partial charge in [-0.25, -0.2) is 4.98 Å². The SMILES string of the molecule is CNCc1ccc(Nc2nc(-c3cccc(NC(=O)c4ccc(C(C)(C)C)cc4)c3C)cn(C)c2=O)cc1. The van der Waals surface area contributed by atoms with Gasteiger partial charge in [0, 0.05) is 42.3 Å². The molecule has 196 valence electrons. The summed E-state index contributed by atoms with van der Waals surface area (Å²) in [5.74, 6) is 0.0577. The minimum Gasteiger partial charge on any atom is -0.336 e. The van der Waals surface area contributed by atoms with Crippen LogP contribution in [0.15, 0.2) is 77.7 Å². The second-order valence-corrected chi connectivity index (χ2v) is 10.5. The summed E-state index contributed by atoms with van der Waals surface area (Å²) in [6.45, 7) is 9.14. The van der Waals surface area contributed by atoms with Crippen molar-refractivity contribution < 1.29 is 4.79 Å². The Labute approximate surface area is 224 Å². The molecule has 0 aliphatic heterocycles. The van der Waals surface area contributed by atoms with Crippen LogP contribution in [0.4, 0.5) is 17.2 Å². The summed E-state index contributed by atoms with van der Waals surface area (Å²) >= 11 is 0. The van der Waals surface area contributed by atoms with Crippen molar-refractivity contribution >= 4 is 23.1 Å². The Bertz CT molecular complexity index is 1500. The molecule has 1 aromatic heterocycles. The van der Waals surface area contributed by atoms with Crippen molar-refractivity contribution in [1.29, 1.82) is 0 Å². The molecule has 1 amide bonds. The van der Waals surface area contributed by atoms with Crippen LogP contribution in [0.25, 0.3) is 11.3 Å². The fourth-order valence-corrected chi connectivity index (χ4v) is 4.23. The van der Waals surface area contributed by atoms with E-state index in [0.29, 0.717) is 16.9 Å². The van der Waals surface area contributed by atoms with Gasteiger partial charge in [0.15, 0.2) is 5.82 Å². The molecule has 0 aliphatic rings. The molecule has 0 saturated carbocycles. The number of benzene rings is 3. The van der Waals surface area contributed by atoms with Crippen LogP contribution in [0.3, 0.4) is 0 Å². The van der Waals surface area contributed by atoms with Crippen LogP contribution in [0, 0.1) is 6.92 Å². The number of anilines is 3. The van der Waals surface area contributed by atoms with Gasteiger partial charge in [-0.05, 0) is 66.4 Å². The van der Waals surface area contributed by atoms with Crippen LogP contribution in [0.2, 0.25) is 0 Å². The van der Waals surface area contributed by atoms with Gasteiger partial charge in [-0.3, -0.25) is 9.59 Å². The minimum absolute atomic E-state index is 0.0202. The summed E-state index contributed by atoms with van der Waals surface area (Å²) in [5.41, 5.74) is 6.49. The molecule has 3 N–H and O–H groups in total. The number of amides is 1. The van der Waals surface area contributed by atoms with Gasteiger partial charge in [0.25, 0.3) is 11.5 Å². The van der Waals surface area contributed by atoms with Gasteiger partial charge in [0.1, 0.15) is 0 Å². The van der Waals surface area contributed by atoms with E-state index >= 15 is 0 Å². The molecular weight excluding hydrogens is 474 g/mol. The summed E-state index contributed by atoms with van der Waals surface area (Å²) in [4.78, 5) is 30.5. The summed E-state index contributed by atoms with van der Waals surface area (Å²) in [6, 6.07) is 21.2. The highest BCUT2D eigenvalue weighted by Crippen LogP contribution is 2.29. The maximum absolute atomic E-state index is 13.0. The van der Waals surface area contributed by atoms with Crippen LogP contribution < -0.4 is 21.5 Å². The standard InChI is InChI=1S/C31H35N5O2/c1-20-25(8-7-9-26(20)35-29(37)22-12-14-23(15-13-22)31(2,3)4)27-19-36(6)30(38)28(34-27)33-24-16-10-21(11-17-24)18-32-5/h7-17,19,32H,18H2,1-6H3,(H,33,34)(H,35,37). The lowest BCUT2D eigenvalue weighted by molar-refractivity contribution is 0.102. The van der Waals surface area contributed by atoms with Crippen molar-refractivity contribution in [3.8, 4) is 11.3 Å². The molecule has 0 radical (unpaired) electrons. The first kappa shape index (κ1) is 26.8. The van der Waals surface area contributed by atoms with E-state index in [2.05, 4.69) is 41.7 Å². The zero-order valence-electron chi connectivity index (χ0n) is 22.8. The van der Waals surface area contributed by atoms with Crippen molar-refractivity contribution in [2.24, 2.45) is 7.05 Å². The molecule has 7 nitrogen and oxygen atoms in total. The molecule has 7 heteroatoms. The summed E-state index contributed by atoms with van der Waals surface area (Å²) in [5, 5.41) is 9.32. The van der Waals surface area contributed by atoms with E-state index in [-0.39, 0.29) is 22.7 Å². The largest absolute Gasteiger partial charge is 0.336 e. The van der Waals surface area contributed by atoms with Crippen molar-refractivity contribution in [2.75, 3.05) is 17.7 Å². The maximum atomic E-state index is 13.0. The van der Waals surface area contributed by atoms with E-state index in [1.165, 1.54) is 10.1 Å². The highest BCUT2D eigenvalue weighted by molar-refractivity contribution is 6.05. The molecule has 3 aromatic carbocycles. The topological polar surface area (TPSA) is 88.1 Å². The molecule has 1 heterocycles. The van der Waals surface area contributed by atoms with Gasteiger partial charge in [-0.2, -0.15) is 0 Å². The van der Waals surface area contributed by atoms with Crippen LogP contribution in [-0.2, 0) is 19.0 Å². The normalized spacial score (nSPS) is 11.3. The number of aromatic nitrogens is 2. The van der Waals surface area contributed by atoms with Crippen molar-refractivity contribution in [3.05, 3.63) is 106 Å². The van der Waals surface area contributed by atoms with Gasteiger partial charge >= 0.3 is 0 Å².